The van der Waals surface area contributed by atoms with Crippen molar-refractivity contribution in [3.05, 3.63) is 65.2 Å². The van der Waals surface area contributed by atoms with E-state index < -0.39 is 12.4 Å². The van der Waals surface area contributed by atoms with Crippen molar-refractivity contribution in [2.24, 2.45) is 7.05 Å². The van der Waals surface area contributed by atoms with Crippen LogP contribution in [0.5, 0.6) is 5.75 Å². The molecule has 0 spiro atoms. The van der Waals surface area contributed by atoms with E-state index >= 15 is 0 Å². The summed E-state index contributed by atoms with van der Waals surface area (Å²) in [6.07, 6.45) is 1.74. The van der Waals surface area contributed by atoms with Crippen molar-refractivity contribution in [3.63, 3.8) is 0 Å². The highest BCUT2D eigenvalue weighted by Crippen LogP contribution is 2.35. The average Bonchev–Trinajstić information content (AvgIpc) is 3.10. The molecular weight excluding hydrogens is 368 g/mol. The van der Waals surface area contributed by atoms with E-state index in [0.29, 0.717) is 5.56 Å². The second kappa shape index (κ2) is 7.88. The Balaban J connectivity index is 2.15. The standard InChI is InChI=1S/C20H15F2N3O3/c1-25-11-12(9-24-25)3-5-14-8-15(17(10-23-14)20(26)27)16-7-13(19(21)22)4-6-18(16)28-2/h4,6-11,19H,1-2H3,(H,26,27). The fraction of sp³-hybridized carbons (Fsp3) is 0.150. The van der Waals surface area contributed by atoms with Crippen LogP contribution in [-0.4, -0.2) is 33.0 Å². The number of hydrogen-bond donors (Lipinski definition) is 1. The first kappa shape index (κ1) is 19.0. The lowest BCUT2D eigenvalue weighted by Crippen LogP contribution is -2.03. The van der Waals surface area contributed by atoms with Crippen molar-refractivity contribution < 1.29 is 23.4 Å². The highest BCUT2D eigenvalue weighted by atomic mass is 19.3. The molecule has 0 bridgehead atoms. The second-order valence-electron chi connectivity index (χ2n) is 5.83. The molecule has 0 atom stereocenters. The number of benzene rings is 1. The van der Waals surface area contributed by atoms with Crippen LogP contribution in [0.25, 0.3) is 11.1 Å². The highest BCUT2D eigenvalue weighted by Gasteiger charge is 2.19. The number of pyridine rings is 1. The minimum absolute atomic E-state index is 0.142. The van der Waals surface area contributed by atoms with E-state index in [9.17, 15) is 18.7 Å². The van der Waals surface area contributed by atoms with Crippen molar-refractivity contribution in [2.45, 2.75) is 6.43 Å². The van der Waals surface area contributed by atoms with Gasteiger partial charge < -0.3 is 9.84 Å². The van der Waals surface area contributed by atoms with Crippen LogP contribution in [0, 0.1) is 11.8 Å². The Morgan fingerprint density at radius 2 is 2.00 bits per heavy atom. The number of halogens is 2. The number of ether oxygens (including phenoxy) is 1. The van der Waals surface area contributed by atoms with Gasteiger partial charge in [-0.1, -0.05) is 5.92 Å². The Kier molecular flexibility index (Phi) is 5.36. The number of carboxylic acids is 1. The lowest BCUT2D eigenvalue weighted by Gasteiger charge is -2.13. The maximum atomic E-state index is 13.1. The Hall–Kier alpha value is -3.73. The molecule has 0 amide bonds. The predicted molar refractivity (Wildman–Crippen MR) is 97.3 cm³/mol. The maximum Gasteiger partial charge on any atom is 0.337 e. The van der Waals surface area contributed by atoms with Crippen LogP contribution >= 0.6 is 0 Å². The largest absolute Gasteiger partial charge is 0.496 e. The van der Waals surface area contributed by atoms with E-state index in [0.717, 1.165) is 6.20 Å². The van der Waals surface area contributed by atoms with E-state index in [4.69, 9.17) is 4.74 Å². The Labute approximate surface area is 159 Å². The monoisotopic (exact) mass is 383 g/mol. The van der Waals surface area contributed by atoms with Gasteiger partial charge in [-0.15, -0.1) is 0 Å². The molecule has 142 valence electrons. The molecular formula is C20H15F2N3O3. The number of nitrogens with zero attached hydrogens (tertiary/aromatic N) is 3. The summed E-state index contributed by atoms with van der Waals surface area (Å²) >= 11 is 0. The molecule has 2 heterocycles. The molecule has 0 saturated heterocycles. The van der Waals surface area contributed by atoms with Crippen molar-refractivity contribution in [2.75, 3.05) is 7.11 Å². The first-order valence-corrected chi connectivity index (χ1v) is 8.09. The summed E-state index contributed by atoms with van der Waals surface area (Å²) in [6.45, 7) is 0. The van der Waals surface area contributed by atoms with Gasteiger partial charge in [-0.3, -0.25) is 4.68 Å². The molecule has 1 N–H and O–H groups in total. The van der Waals surface area contributed by atoms with Crippen LogP contribution in [0.1, 0.15) is 33.6 Å². The van der Waals surface area contributed by atoms with Gasteiger partial charge in [0.1, 0.15) is 11.4 Å². The Morgan fingerprint density at radius 3 is 2.61 bits per heavy atom. The number of carboxylic acid groups (broad SMARTS) is 1. The maximum absolute atomic E-state index is 13.1. The summed E-state index contributed by atoms with van der Waals surface area (Å²) in [5.41, 5.74) is 0.976. The van der Waals surface area contributed by atoms with Crippen LogP contribution in [0.15, 0.2) is 42.9 Å². The van der Waals surface area contributed by atoms with Crippen LogP contribution in [-0.2, 0) is 7.05 Å². The molecule has 0 aliphatic heterocycles. The summed E-state index contributed by atoms with van der Waals surface area (Å²) in [5.74, 6) is 4.73. The molecule has 0 aliphatic rings. The van der Waals surface area contributed by atoms with Crippen LogP contribution in [0.2, 0.25) is 0 Å². The molecule has 3 aromatic rings. The number of carbonyl (C=O) groups is 1. The van der Waals surface area contributed by atoms with Gasteiger partial charge in [0.15, 0.2) is 0 Å². The summed E-state index contributed by atoms with van der Waals surface area (Å²) in [5, 5.41) is 13.5. The molecule has 0 unspecified atom stereocenters. The molecule has 6 nitrogen and oxygen atoms in total. The summed E-state index contributed by atoms with van der Waals surface area (Å²) < 4.78 is 33.1. The van der Waals surface area contributed by atoms with Gasteiger partial charge >= 0.3 is 5.97 Å². The topological polar surface area (TPSA) is 77.2 Å². The molecule has 28 heavy (non-hydrogen) atoms. The average molecular weight is 383 g/mol. The normalized spacial score (nSPS) is 10.5. The smallest absolute Gasteiger partial charge is 0.337 e. The van der Waals surface area contributed by atoms with E-state index in [1.807, 2.05) is 0 Å². The Morgan fingerprint density at radius 1 is 1.21 bits per heavy atom. The number of aromatic nitrogens is 3. The summed E-state index contributed by atoms with van der Waals surface area (Å²) in [4.78, 5) is 15.7. The fourth-order valence-electron chi connectivity index (χ4n) is 2.61. The number of rotatable bonds is 4. The van der Waals surface area contributed by atoms with Gasteiger partial charge in [-0.05, 0) is 30.2 Å². The van der Waals surface area contributed by atoms with Gasteiger partial charge in [-0.2, -0.15) is 5.10 Å². The fourth-order valence-corrected chi connectivity index (χ4v) is 2.61. The van der Waals surface area contributed by atoms with E-state index in [2.05, 4.69) is 21.9 Å². The molecule has 2 aromatic heterocycles. The van der Waals surface area contributed by atoms with Gasteiger partial charge in [0.25, 0.3) is 6.43 Å². The van der Waals surface area contributed by atoms with Crippen molar-refractivity contribution in [1.82, 2.24) is 14.8 Å². The van der Waals surface area contributed by atoms with Crippen LogP contribution in [0.4, 0.5) is 8.78 Å². The minimum atomic E-state index is -2.70. The molecule has 0 saturated carbocycles. The zero-order valence-electron chi connectivity index (χ0n) is 15.0. The van der Waals surface area contributed by atoms with Crippen LogP contribution in [0.3, 0.4) is 0 Å². The lowest BCUT2D eigenvalue weighted by molar-refractivity contribution is 0.0697. The number of methoxy groups -OCH3 is 1. The highest BCUT2D eigenvalue weighted by molar-refractivity contribution is 5.97. The molecule has 3 rings (SSSR count). The quantitative estimate of drug-likeness (QED) is 0.698. The molecule has 0 aliphatic carbocycles. The molecule has 0 radical (unpaired) electrons. The van der Waals surface area contributed by atoms with Crippen molar-refractivity contribution in [3.8, 4) is 28.7 Å². The van der Waals surface area contributed by atoms with E-state index in [1.54, 1.807) is 24.1 Å². The first-order valence-electron chi connectivity index (χ1n) is 8.09. The molecule has 0 fully saturated rings. The number of hydrogen-bond acceptors (Lipinski definition) is 4. The van der Waals surface area contributed by atoms with Crippen molar-refractivity contribution >= 4 is 5.97 Å². The van der Waals surface area contributed by atoms with E-state index in [1.165, 1.54) is 31.4 Å². The second-order valence-corrected chi connectivity index (χ2v) is 5.83. The van der Waals surface area contributed by atoms with Crippen LogP contribution < -0.4 is 4.74 Å². The summed E-state index contributed by atoms with van der Waals surface area (Å²) in [7, 11) is 3.14. The van der Waals surface area contributed by atoms with Gasteiger partial charge in [-0.25, -0.2) is 18.6 Å². The lowest BCUT2D eigenvalue weighted by atomic mass is 9.97. The number of aromatic carboxylic acids is 1. The SMILES string of the molecule is COc1ccc(C(F)F)cc1-c1cc(C#Cc2cnn(C)c2)ncc1C(=O)O. The third-order valence-corrected chi connectivity index (χ3v) is 3.94. The summed E-state index contributed by atoms with van der Waals surface area (Å²) in [6, 6.07) is 5.27. The third kappa shape index (κ3) is 3.99. The number of alkyl halides is 2. The molecule has 1 aromatic carbocycles. The Bertz CT molecular complexity index is 1100. The van der Waals surface area contributed by atoms with Gasteiger partial charge in [0, 0.05) is 36.1 Å². The molecule has 8 heteroatoms. The van der Waals surface area contributed by atoms with Gasteiger partial charge in [0.2, 0.25) is 0 Å². The zero-order chi connectivity index (χ0) is 20.3. The minimum Gasteiger partial charge on any atom is -0.496 e. The van der Waals surface area contributed by atoms with Gasteiger partial charge in [0.05, 0.1) is 24.4 Å². The van der Waals surface area contributed by atoms with E-state index in [-0.39, 0.29) is 33.7 Å². The first-order chi connectivity index (χ1) is 13.4. The zero-order valence-corrected chi connectivity index (χ0v) is 15.0. The van der Waals surface area contributed by atoms with Crippen molar-refractivity contribution in [1.29, 1.82) is 0 Å². The number of aryl methyl sites for hydroxylation is 1. The third-order valence-electron chi connectivity index (χ3n) is 3.94. The predicted octanol–water partition coefficient (Wildman–Crippen LogP) is 3.53.